The van der Waals surface area contributed by atoms with E-state index in [9.17, 15) is 5.11 Å². The second-order valence-electron chi connectivity index (χ2n) is 5.23. The van der Waals surface area contributed by atoms with Gasteiger partial charge in [0, 0.05) is 19.1 Å². The average molecular weight is 265 g/mol. The van der Waals surface area contributed by atoms with Crippen LogP contribution in [0.4, 0.5) is 0 Å². The monoisotopic (exact) mass is 265 g/mol. The van der Waals surface area contributed by atoms with Crippen molar-refractivity contribution < 1.29 is 14.6 Å². The Morgan fingerprint density at radius 1 is 1.37 bits per heavy atom. The molecule has 1 aromatic carbocycles. The number of rotatable bonds is 7. The summed E-state index contributed by atoms with van der Waals surface area (Å²) in [5.74, 6) is 0.512. The molecule has 106 valence electrons. The first-order valence-electron chi connectivity index (χ1n) is 6.85. The van der Waals surface area contributed by atoms with Crippen LogP contribution in [-0.2, 0) is 15.0 Å². The molecule has 2 rings (SSSR count). The summed E-state index contributed by atoms with van der Waals surface area (Å²) in [6.45, 7) is 2.84. The zero-order valence-corrected chi connectivity index (χ0v) is 11.3. The molecule has 3 N–H and O–H groups in total. The molecule has 4 nitrogen and oxygen atoms in total. The van der Waals surface area contributed by atoms with Gasteiger partial charge in [-0.1, -0.05) is 30.3 Å². The van der Waals surface area contributed by atoms with Crippen molar-refractivity contribution in [3.63, 3.8) is 0 Å². The van der Waals surface area contributed by atoms with E-state index in [0.717, 1.165) is 31.8 Å². The van der Waals surface area contributed by atoms with E-state index in [-0.39, 0.29) is 6.61 Å². The molecule has 0 amide bonds. The molecule has 1 fully saturated rings. The standard InChI is InChI=1S/C15H23NO3/c16-15(12-17,14-4-2-1-3-5-14)7-9-19-11-13-6-8-18-10-13/h1-5,13,17H,6-12,16H2. The van der Waals surface area contributed by atoms with Crippen LogP contribution in [0.25, 0.3) is 0 Å². The first-order chi connectivity index (χ1) is 9.24. The normalized spacial score (nSPS) is 22.3. The molecular formula is C15H23NO3. The highest BCUT2D eigenvalue weighted by Crippen LogP contribution is 2.22. The van der Waals surface area contributed by atoms with Crippen molar-refractivity contribution in [2.24, 2.45) is 11.7 Å². The predicted octanol–water partition coefficient (Wildman–Crippen LogP) is 1.28. The van der Waals surface area contributed by atoms with Crippen molar-refractivity contribution in [1.82, 2.24) is 0 Å². The summed E-state index contributed by atoms with van der Waals surface area (Å²) >= 11 is 0. The predicted molar refractivity (Wildman–Crippen MR) is 73.8 cm³/mol. The number of aliphatic hydroxyl groups is 1. The number of hydrogen-bond donors (Lipinski definition) is 2. The van der Waals surface area contributed by atoms with E-state index in [2.05, 4.69) is 0 Å². The number of hydrogen-bond acceptors (Lipinski definition) is 4. The molecule has 2 atom stereocenters. The van der Waals surface area contributed by atoms with E-state index in [4.69, 9.17) is 15.2 Å². The maximum absolute atomic E-state index is 9.55. The zero-order chi connectivity index (χ0) is 13.6. The number of benzene rings is 1. The molecule has 0 saturated carbocycles. The third kappa shape index (κ3) is 4.01. The summed E-state index contributed by atoms with van der Waals surface area (Å²) in [5, 5.41) is 9.55. The Morgan fingerprint density at radius 2 is 2.16 bits per heavy atom. The van der Waals surface area contributed by atoms with Crippen molar-refractivity contribution in [3.8, 4) is 0 Å². The Labute approximate surface area is 114 Å². The fourth-order valence-corrected chi connectivity index (χ4v) is 2.30. The van der Waals surface area contributed by atoms with Crippen molar-refractivity contribution in [3.05, 3.63) is 35.9 Å². The average Bonchev–Trinajstić information content (AvgIpc) is 2.97. The van der Waals surface area contributed by atoms with Crippen molar-refractivity contribution in [2.75, 3.05) is 33.0 Å². The molecule has 1 heterocycles. The van der Waals surface area contributed by atoms with Crippen LogP contribution >= 0.6 is 0 Å². The van der Waals surface area contributed by atoms with E-state index in [1.165, 1.54) is 0 Å². The fourth-order valence-electron chi connectivity index (χ4n) is 2.30. The van der Waals surface area contributed by atoms with Crippen LogP contribution in [0.5, 0.6) is 0 Å². The summed E-state index contributed by atoms with van der Waals surface area (Å²) in [5.41, 5.74) is 6.49. The first kappa shape index (κ1) is 14.5. The molecule has 0 bridgehead atoms. The summed E-state index contributed by atoms with van der Waals surface area (Å²) in [6.07, 6.45) is 1.69. The summed E-state index contributed by atoms with van der Waals surface area (Å²) < 4.78 is 11.0. The van der Waals surface area contributed by atoms with Crippen LogP contribution in [0.1, 0.15) is 18.4 Å². The van der Waals surface area contributed by atoms with Gasteiger partial charge in [0.25, 0.3) is 0 Å². The third-order valence-electron chi connectivity index (χ3n) is 3.70. The SMILES string of the molecule is NC(CO)(CCOCC1CCOC1)c1ccccc1. The molecule has 0 radical (unpaired) electrons. The topological polar surface area (TPSA) is 64.7 Å². The first-order valence-corrected chi connectivity index (χ1v) is 6.85. The smallest absolute Gasteiger partial charge is 0.0666 e. The molecule has 4 heteroatoms. The molecule has 1 saturated heterocycles. The van der Waals surface area contributed by atoms with Gasteiger partial charge < -0.3 is 20.3 Å². The minimum Gasteiger partial charge on any atom is -0.394 e. The van der Waals surface area contributed by atoms with Gasteiger partial charge in [0.2, 0.25) is 0 Å². The van der Waals surface area contributed by atoms with Crippen molar-refractivity contribution >= 4 is 0 Å². The lowest BCUT2D eigenvalue weighted by Gasteiger charge is -2.28. The Morgan fingerprint density at radius 3 is 2.79 bits per heavy atom. The number of aliphatic hydroxyl groups excluding tert-OH is 1. The molecule has 0 aromatic heterocycles. The van der Waals surface area contributed by atoms with E-state index in [0.29, 0.717) is 18.9 Å². The highest BCUT2D eigenvalue weighted by atomic mass is 16.5. The Bertz CT molecular complexity index is 365. The van der Waals surface area contributed by atoms with Gasteiger partial charge in [-0.25, -0.2) is 0 Å². The van der Waals surface area contributed by atoms with E-state index in [1.54, 1.807) is 0 Å². The summed E-state index contributed by atoms with van der Waals surface area (Å²) in [7, 11) is 0. The second kappa shape index (κ2) is 7.01. The Kier molecular flexibility index (Phi) is 5.34. The van der Waals surface area contributed by atoms with Gasteiger partial charge in [0.1, 0.15) is 0 Å². The lowest BCUT2D eigenvalue weighted by atomic mass is 9.89. The lowest BCUT2D eigenvalue weighted by molar-refractivity contribution is 0.0665. The van der Waals surface area contributed by atoms with E-state index < -0.39 is 5.54 Å². The van der Waals surface area contributed by atoms with Crippen molar-refractivity contribution in [2.45, 2.75) is 18.4 Å². The fraction of sp³-hybridized carbons (Fsp3) is 0.600. The highest BCUT2D eigenvalue weighted by molar-refractivity contribution is 5.23. The molecule has 1 aliphatic rings. The van der Waals surface area contributed by atoms with Gasteiger partial charge >= 0.3 is 0 Å². The van der Waals surface area contributed by atoms with Gasteiger partial charge in [-0.05, 0) is 18.4 Å². The van der Waals surface area contributed by atoms with E-state index in [1.807, 2.05) is 30.3 Å². The summed E-state index contributed by atoms with van der Waals surface area (Å²) in [6, 6.07) is 9.70. The quantitative estimate of drug-likeness (QED) is 0.729. The molecule has 2 unspecified atom stereocenters. The number of ether oxygens (including phenoxy) is 2. The van der Waals surface area contributed by atoms with Gasteiger partial charge in [-0.2, -0.15) is 0 Å². The largest absolute Gasteiger partial charge is 0.394 e. The van der Waals surface area contributed by atoms with Crippen LogP contribution in [0, 0.1) is 5.92 Å². The molecule has 19 heavy (non-hydrogen) atoms. The van der Waals surface area contributed by atoms with Crippen LogP contribution < -0.4 is 5.73 Å². The molecule has 1 aromatic rings. The second-order valence-corrected chi connectivity index (χ2v) is 5.23. The zero-order valence-electron chi connectivity index (χ0n) is 11.3. The van der Waals surface area contributed by atoms with Crippen molar-refractivity contribution in [1.29, 1.82) is 0 Å². The highest BCUT2D eigenvalue weighted by Gasteiger charge is 2.26. The van der Waals surface area contributed by atoms with Gasteiger partial charge in [0.05, 0.1) is 25.4 Å². The van der Waals surface area contributed by atoms with Crippen LogP contribution in [0.2, 0.25) is 0 Å². The van der Waals surface area contributed by atoms with Gasteiger partial charge in [0.15, 0.2) is 0 Å². The van der Waals surface area contributed by atoms with E-state index >= 15 is 0 Å². The molecular weight excluding hydrogens is 242 g/mol. The minimum atomic E-state index is -0.715. The molecule has 0 aliphatic carbocycles. The van der Waals surface area contributed by atoms with Crippen LogP contribution in [0.3, 0.4) is 0 Å². The van der Waals surface area contributed by atoms with Crippen LogP contribution in [0.15, 0.2) is 30.3 Å². The van der Waals surface area contributed by atoms with Gasteiger partial charge in [-0.3, -0.25) is 0 Å². The number of nitrogens with two attached hydrogens (primary N) is 1. The van der Waals surface area contributed by atoms with Crippen LogP contribution in [-0.4, -0.2) is 38.1 Å². The molecule has 0 spiro atoms. The Hall–Kier alpha value is -0.940. The maximum Gasteiger partial charge on any atom is 0.0666 e. The lowest BCUT2D eigenvalue weighted by Crippen LogP contribution is -2.41. The Balaban J connectivity index is 1.78. The third-order valence-corrected chi connectivity index (χ3v) is 3.70. The minimum absolute atomic E-state index is 0.0765. The van der Waals surface area contributed by atoms with Gasteiger partial charge in [-0.15, -0.1) is 0 Å². The maximum atomic E-state index is 9.55. The summed E-state index contributed by atoms with van der Waals surface area (Å²) in [4.78, 5) is 0. The molecule has 1 aliphatic heterocycles.